The van der Waals surface area contributed by atoms with Crippen LogP contribution >= 0.6 is 0 Å². The smallest absolute Gasteiger partial charge is 0.237 e. The third kappa shape index (κ3) is 4.62. The summed E-state index contributed by atoms with van der Waals surface area (Å²) in [4.78, 5) is 13.2. The van der Waals surface area contributed by atoms with Gasteiger partial charge in [0.15, 0.2) is 0 Å². The van der Waals surface area contributed by atoms with Crippen molar-refractivity contribution in [2.75, 3.05) is 13.6 Å². The highest BCUT2D eigenvalue weighted by molar-refractivity contribution is 5.83. The minimum Gasteiger partial charge on any atom is -0.368 e. The molecule has 2 atom stereocenters. The van der Waals surface area contributed by atoms with Gasteiger partial charge >= 0.3 is 0 Å². The predicted molar refractivity (Wildman–Crippen MR) is 63.3 cm³/mol. The number of hydrogen-bond donors (Lipinski definition) is 2. The molecule has 0 aliphatic heterocycles. The highest BCUT2D eigenvalue weighted by atomic mass is 16.1. The number of amides is 1. The van der Waals surface area contributed by atoms with Crippen molar-refractivity contribution in [2.24, 2.45) is 17.4 Å². The molecular weight excluding hydrogens is 190 g/mol. The van der Waals surface area contributed by atoms with Crippen LogP contribution < -0.4 is 11.5 Å². The molecule has 0 aromatic rings. The maximum absolute atomic E-state index is 11.0. The molecule has 0 fully saturated rings. The summed E-state index contributed by atoms with van der Waals surface area (Å²) < 4.78 is 0. The van der Waals surface area contributed by atoms with Gasteiger partial charge in [0, 0.05) is 12.6 Å². The van der Waals surface area contributed by atoms with Gasteiger partial charge in [-0.3, -0.25) is 4.79 Å². The first-order valence-corrected chi connectivity index (χ1v) is 5.47. The van der Waals surface area contributed by atoms with Crippen molar-refractivity contribution in [2.45, 2.75) is 45.7 Å². The molecule has 4 N–H and O–H groups in total. The normalized spacial score (nSPS) is 17.9. The highest BCUT2D eigenvalue weighted by Gasteiger charge is 2.26. The fourth-order valence-corrected chi connectivity index (χ4v) is 1.24. The molecule has 0 bridgehead atoms. The summed E-state index contributed by atoms with van der Waals surface area (Å²) in [5.74, 6) is 0.153. The Morgan fingerprint density at radius 1 is 1.40 bits per heavy atom. The van der Waals surface area contributed by atoms with Crippen LogP contribution in [-0.4, -0.2) is 36.0 Å². The second-order valence-electron chi connectivity index (χ2n) is 5.00. The molecule has 4 heteroatoms. The summed E-state index contributed by atoms with van der Waals surface area (Å²) in [6, 6.07) is 0.480. The van der Waals surface area contributed by atoms with Gasteiger partial charge in [0.1, 0.15) is 0 Å². The van der Waals surface area contributed by atoms with E-state index in [0.29, 0.717) is 18.4 Å². The van der Waals surface area contributed by atoms with Gasteiger partial charge in [-0.05, 0) is 33.2 Å². The van der Waals surface area contributed by atoms with Gasteiger partial charge in [-0.15, -0.1) is 0 Å². The van der Waals surface area contributed by atoms with Crippen molar-refractivity contribution in [3.63, 3.8) is 0 Å². The Balaban J connectivity index is 4.11. The van der Waals surface area contributed by atoms with E-state index >= 15 is 0 Å². The maximum Gasteiger partial charge on any atom is 0.237 e. The van der Waals surface area contributed by atoms with Crippen LogP contribution in [0.1, 0.15) is 34.1 Å². The summed E-state index contributed by atoms with van der Waals surface area (Å²) in [5.41, 5.74) is 10.1. The molecule has 0 aromatic carbocycles. The first-order chi connectivity index (χ1) is 6.68. The van der Waals surface area contributed by atoms with E-state index in [9.17, 15) is 4.79 Å². The zero-order valence-corrected chi connectivity index (χ0v) is 10.6. The molecule has 4 nitrogen and oxygen atoms in total. The van der Waals surface area contributed by atoms with Gasteiger partial charge in [-0.25, -0.2) is 0 Å². The van der Waals surface area contributed by atoms with Crippen LogP contribution in [0.5, 0.6) is 0 Å². The molecule has 0 saturated carbocycles. The van der Waals surface area contributed by atoms with Crippen LogP contribution in [0.3, 0.4) is 0 Å². The molecular formula is C11H25N3O. The quantitative estimate of drug-likeness (QED) is 0.680. The molecule has 90 valence electrons. The average Bonchev–Trinajstić information content (AvgIpc) is 2.12. The Morgan fingerprint density at radius 2 is 1.87 bits per heavy atom. The lowest BCUT2D eigenvalue weighted by molar-refractivity contribution is -0.122. The lowest BCUT2D eigenvalue weighted by Gasteiger charge is -2.30. The molecule has 0 spiro atoms. The predicted octanol–water partition coefficient (Wildman–Crippen LogP) is 0.556. The summed E-state index contributed by atoms with van der Waals surface area (Å²) >= 11 is 0. The fourth-order valence-electron chi connectivity index (χ4n) is 1.24. The van der Waals surface area contributed by atoms with E-state index in [0.717, 1.165) is 6.54 Å². The third-order valence-electron chi connectivity index (χ3n) is 3.21. The van der Waals surface area contributed by atoms with E-state index in [1.165, 1.54) is 0 Å². The molecule has 0 rings (SSSR count). The van der Waals surface area contributed by atoms with Crippen molar-refractivity contribution in [3.05, 3.63) is 0 Å². The first-order valence-electron chi connectivity index (χ1n) is 5.47. The molecule has 0 aliphatic rings. The lowest BCUT2D eigenvalue weighted by atomic mass is 9.97. The van der Waals surface area contributed by atoms with Crippen LogP contribution in [0.25, 0.3) is 0 Å². The van der Waals surface area contributed by atoms with Crippen LogP contribution in [0.2, 0.25) is 0 Å². The van der Waals surface area contributed by atoms with E-state index in [2.05, 4.69) is 25.7 Å². The highest BCUT2D eigenvalue weighted by Crippen LogP contribution is 2.11. The molecule has 1 amide bonds. The Morgan fingerprint density at radius 3 is 2.20 bits per heavy atom. The van der Waals surface area contributed by atoms with Crippen LogP contribution in [0.4, 0.5) is 0 Å². The van der Waals surface area contributed by atoms with Gasteiger partial charge in [-0.1, -0.05) is 13.8 Å². The molecule has 0 aromatic heterocycles. The Labute approximate surface area is 93.0 Å². The zero-order chi connectivity index (χ0) is 12.2. The van der Waals surface area contributed by atoms with Crippen molar-refractivity contribution >= 4 is 5.91 Å². The largest absolute Gasteiger partial charge is 0.368 e. The summed E-state index contributed by atoms with van der Waals surface area (Å²) in [5, 5.41) is 0. The van der Waals surface area contributed by atoms with Crippen molar-refractivity contribution in [3.8, 4) is 0 Å². The maximum atomic E-state index is 11.0. The molecule has 0 aliphatic carbocycles. The molecule has 0 radical (unpaired) electrons. The lowest BCUT2D eigenvalue weighted by Crippen LogP contribution is -2.51. The van der Waals surface area contributed by atoms with E-state index in [1.54, 1.807) is 6.92 Å². The summed E-state index contributed by atoms with van der Waals surface area (Å²) in [6.45, 7) is 9.00. The Hall–Kier alpha value is -0.610. The number of carbonyl (C=O) groups is 1. The van der Waals surface area contributed by atoms with Gasteiger partial charge in [0.2, 0.25) is 5.91 Å². The number of nitrogens with two attached hydrogens (primary N) is 2. The van der Waals surface area contributed by atoms with Gasteiger partial charge < -0.3 is 16.4 Å². The summed E-state index contributed by atoms with van der Waals surface area (Å²) in [7, 11) is 2.04. The molecule has 15 heavy (non-hydrogen) atoms. The minimum absolute atomic E-state index is 0.437. The van der Waals surface area contributed by atoms with E-state index < -0.39 is 11.4 Å². The summed E-state index contributed by atoms with van der Waals surface area (Å²) in [6.07, 6.45) is 0.593. The van der Waals surface area contributed by atoms with Crippen LogP contribution in [-0.2, 0) is 4.79 Å². The van der Waals surface area contributed by atoms with E-state index in [-0.39, 0.29) is 0 Å². The molecule has 0 saturated heterocycles. The van der Waals surface area contributed by atoms with Gasteiger partial charge in [-0.2, -0.15) is 0 Å². The number of carbonyl (C=O) groups excluding carboxylic acids is 1. The number of rotatable bonds is 6. The van der Waals surface area contributed by atoms with E-state index in [1.807, 2.05) is 7.05 Å². The van der Waals surface area contributed by atoms with Crippen molar-refractivity contribution in [1.29, 1.82) is 0 Å². The average molecular weight is 215 g/mol. The van der Waals surface area contributed by atoms with Crippen molar-refractivity contribution in [1.82, 2.24) is 4.90 Å². The molecule has 2 unspecified atom stereocenters. The fraction of sp³-hybridized carbons (Fsp3) is 0.909. The van der Waals surface area contributed by atoms with E-state index in [4.69, 9.17) is 11.5 Å². The minimum atomic E-state index is -0.898. The number of hydrogen-bond acceptors (Lipinski definition) is 3. The first kappa shape index (κ1) is 14.4. The third-order valence-corrected chi connectivity index (χ3v) is 3.21. The number of primary amides is 1. The Bertz CT molecular complexity index is 214. The van der Waals surface area contributed by atoms with Crippen LogP contribution in [0, 0.1) is 5.92 Å². The topological polar surface area (TPSA) is 72.3 Å². The zero-order valence-electron chi connectivity index (χ0n) is 10.6. The van der Waals surface area contributed by atoms with Gasteiger partial charge in [0.25, 0.3) is 0 Å². The standard InChI is InChI=1S/C11H25N3O/c1-8(2)9(3)14(5)7-6-11(4,13)10(12)15/h8-9H,6-7,13H2,1-5H3,(H2,12,15). The SMILES string of the molecule is CC(C)C(C)N(C)CCC(C)(N)C(N)=O. The second kappa shape index (κ2) is 5.47. The number of nitrogens with zero attached hydrogens (tertiary/aromatic N) is 1. The Kier molecular flexibility index (Phi) is 5.24. The van der Waals surface area contributed by atoms with Crippen molar-refractivity contribution < 1.29 is 4.79 Å². The molecule has 0 heterocycles. The monoisotopic (exact) mass is 215 g/mol. The van der Waals surface area contributed by atoms with Crippen LogP contribution in [0.15, 0.2) is 0 Å². The second-order valence-corrected chi connectivity index (χ2v) is 5.00. The van der Waals surface area contributed by atoms with Gasteiger partial charge in [0.05, 0.1) is 5.54 Å².